The highest BCUT2D eigenvalue weighted by atomic mass is 79.9. The first-order valence-electron chi connectivity index (χ1n) is 5.52. The van der Waals surface area contributed by atoms with Crippen LogP contribution in [0.3, 0.4) is 0 Å². The summed E-state index contributed by atoms with van der Waals surface area (Å²) in [5.41, 5.74) is 0.537. The van der Waals surface area contributed by atoms with Crippen molar-refractivity contribution in [2.45, 2.75) is 4.90 Å². The summed E-state index contributed by atoms with van der Waals surface area (Å²) < 4.78 is 26.2. The van der Waals surface area contributed by atoms with Gasteiger partial charge in [0.05, 0.1) is 13.6 Å². The van der Waals surface area contributed by atoms with Gasteiger partial charge in [-0.1, -0.05) is 0 Å². The van der Waals surface area contributed by atoms with Crippen molar-refractivity contribution < 1.29 is 13.2 Å². The van der Waals surface area contributed by atoms with Gasteiger partial charge >= 0.3 is 0 Å². The second kappa shape index (κ2) is 6.04. The van der Waals surface area contributed by atoms with Crippen molar-refractivity contribution in [2.24, 2.45) is 0 Å². The molecule has 0 saturated carbocycles. The fraction of sp³-hybridized carbons (Fsp3) is 0.0833. The highest BCUT2D eigenvalue weighted by Gasteiger charge is 2.12. The summed E-state index contributed by atoms with van der Waals surface area (Å²) in [5, 5.41) is 2.70. The number of hydrogen-bond acceptors (Lipinski definition) is 4. The molecule has 1 aromatic carbocycles. The highest BCUT2D eigenvalue weighted by Crippen LogP contribution is 2.23. The second-order valence-electron chi connectivity index (χ2n) is 3.79. The average Bonchev–Trinajstić information content (AvgIpc) is 2.86. The lowest BCUT2D eigenvalue weighted by Crippen LogP contribution is -2.18. The van der Waals surface area contributed by atoms with Gasteiger partial charge in [-0.15, -0.1) is 11.3 Å². The molecule has 0 aliphatic rings. The van der Waals surface area contributed by atoms with Crippen molar-refractivity contribution in [3.63, 3.8) is 0 Å². The molecule has 0 saturated heterocycles. The molecule has 20 heavy (non-hydrogen) atoms. The Balaban J connectivity index is 2.14. The molecule has 0 fully saturated rings. The van der Waals surface area contributed by atoms with Crippen molar-refractivity contribution >= 4 is 48.9 Å². The molecule has 5 nitrogen and oxygen atoms in total. The smallest absolute Gasteiger partial charge is 0.265 e. The Morgan fingerprint density at radius 2 is 1.80 bits per heavy atom. The minimum Gasteiger partial charge on any atom is -0.321 e. The topological polar surface area (TPSA) is 75.3 Å². The van der Waals surface area contributed by atoms with E-state index in [4.69, 9.17) is 0 Å². The number of sulfonamides is 1. The molecule has 106 valence electrons. The Bertz CT molecular complexity index is 723. The molecule has 0 aliphatic carbocycles. The van der Waals surface area contributed by atoms with Gasteiger partial charge in [0.25, 0.3) is 5.91 Å². The van der Waals surface area contributed by atoms with Crippen LogP contribution in [0.25, 0.3) is 0 Å². The molecule has 0 unspecified atom stereocenters. The van der Waals surface area contributed by atoms with E-state index in [1.54, 1.807) is 24.3 Å². The Morgan fingerprint density at radius 1 is 1.15 bits per heavy atom. The number of amides is 1. The van der Waals surface area contributed by atoms with E-state index in [9.17, 15) is 13.2 Å². The fourth-order valence-electron chi connectivity index (χ4n) is 1.46. The van der Waals surface area contributed by atoms with Crippen molar-refractivity contribution in [2.75, 3.05) is 12.4 Å². The molecule has 2 rings (SSSR count). The number of halogens is 1. The van der Waals surface area contributed by atoms with Crippen molar-refractivity contribution in [1.29, 1.82) is 0 Å². The van der Waals surface area contributed by atoms with E-state index >= 15 is 0 Å². The predicted molar refractivity (Wildman–Crippen MR) is 82.7 cm³/mol. The number of hydrogen-bond donors (Lipinski definition) is 2. The fourth-order valence-corrected chi connectivity index (χ4v) is 3.48. The van der Waals surface area contributed by atoms with E-state index in [0.717, 1.165) is 3.79 Å². The molecule has 0 bridgehead atoms. The first-order chi connectivity index (χ1) is 9.42. The van der Waals surface area contributed by atoms with E-state index in [0.29, 0.717) is 10.6 Å². The number of benzene rings is 1. The maximum atomic E-state index is 11.9. The van der Waals surface area contributed by atoms with Gasteiger partial charge in [0.15, 0.2) is 0 Å². The summed E-state index contributed by atoms with van der Waals surface area (Å²) in [6, 6.07) is 9.47. The van der Waals surface area contributed by atoms with E-state index in [1.165, 1.54) is 30.5 Å². The van der Waals surface area contributed by atoms with Crippen LogP contribution in [0.2, 0.25) is 0 Å². The zero-order valence-corrected chi connectivity index (χ0v) is 13.6. The summed E-state index contributed by atoms with van der Waals surface area (Å²) in [4.78, 5) is 12.6. The molecular formula is C12H11BrN2O3S2. The summed E-state index contributed by atoms with van der Waals surface area (Å²) in [5.74, 6) is -0.232. The Labute approximate surface area is 129 Å². The lowest BCUT2D eigenvalue weighted by atomic mass is 10.3. The molecule has 1 amide bonds. The Morgan fingerprint density at radius 3 is 2.30 bits per heavy atom. The monoisotopic (exact) mass is 374 g/mol. The van der Waals surface area contributed by atoms with Gasteiger partial charge in [-0.3, -0.25) is 4.79 Å². The SMILES string of the molecule is CNS(=O)(=O)c1ccc(NC(=O)c2ccc(Br)s2)cc1. The van der Waals surface area contributed by atoms with E-state index < -0.39 is 10.0 Å². The predicted octanol–water partition coefficient (Wildman–Crippen LogP) is 2.67. The van der Waals surface area contributed by atoms with E-state index in [1.807, 2.05) is 0 Å². The van der Waals surface area contributed by atoms with Gasteiger partial charge in [-0.05, 0) is 59.4 Å². The number of carbonyl (C=O) groups excluding carboxylic acids is 1. The normalized spacial score (nSPS) is 11.3. The maximum Gasteiger partial charge on any atom is 0.265 e. The van der Waals surface area contributed by atoms with Crippen LogP contribution in [0.4, 0.5) is 5.69 Å². The number of anilines is 1. The number of thiophene rings is 1. The lowest BCUT2D eigenvalue weighted by Gasteiger charge is -2.05. The first kappa shape index (κ1) is 15.2. The van der Waals surface area contributed by atoms with Crippen molar-refractivity contribution in [3.05, 3.63) is 45.1 Å². The molecule has 0 radical (unpaired) electrons. The summed E-state index contributed by atoms with van der Waals surface area (Å²) in [6.45, 7) is 0. The molecule has 1 aromatic heterocycles. The summed E-state index contributed by atoms with van der Waals surface area (Å²) in [7, 11) is -2.11. The second-order valence-corrected chi connectivity index (χ2v) is 8.14. The molecular weight excluding hydrogens is 364 g/mol. The van der Waals surface area contributed by atoms with Crippen LogP contribution in [0.1, 0.15) is 9.67 Å². The number of carbonyl (C=O) groups is 1. The standard InChI is InChI=1S/C12H11BrN2O3S2/c1-14-20(17,18)9-4-2-8(3-5-9)15-12(16)10-6-7-11(13)19-10/h2-7,14H,1H3,(H,15,16). The maximum absolute atomic E-state index is 11.9. The molecule has 8 heteroatoms. The third-order valence-electron chi connectivity index (χ3n) is 2.49. The van der Waals surface area contributed by atoms with Crippen LogP contribution < -0.4 is 10.0 Å². The molecule has 2 aromatic rings. The van der Waals surface area contributed by atoms with Crippen LogP contribution in [0, 0.1) is 0 Å². The average molecular weight is 375 g/mol. The first-order valence-corrected chi connectivity index (χ1v) is 8.62. The number of rotatable bonds is 4. The summed E-state index contributed by atoms with van der Waals surface area (Å²) in [6.07, 6.45) is 0. The van der Waals surface area contributed by atoms with Crippen LogP contribution in [0.5, 0.6) is 0 Å². The zero-order valence-electron chi connectivity index (χ0n) is 10.4. The third-order valence-corrected chi connectivity index (χ3v) is 5.54. The zero-order chi connectivity index (χ0) is 14.8. The molecule has 0 atom stereocenters. The number of nitrogens with one attached hydrogen (secondary N) is 2. The third kappa shape index (κ3) is 3.45. The lowest BCUT2D eigenvalue weighted by molar-refractivity contribution is 0.103. The van der Waals surface area contributed by atoms with Crippen LogP contribution in [-0.2, 0) is 10.0 Å². The largest absolute Gasteiger partial charge is 0.321 e. The van der Waals surface area contributed by atoms with Crippen LogP contribution >= 0.6 is 27.3 Å². The molecule has 1 heterocycles. The Hall–Kier alpha value is -1.22. The van der Waals surface area contributed by atoms with E-state index in [2.05, 4.69) is 26.0 Å². The van der Waals surface area contributed by atoms with Gasteiger partial charge in [0.2, 0.25) is 10.0 Å². The minimum atomic E-state index is -3.46. The molecule has 2 N–H and O–H groups in total. The van der Waals surface area contributed by atoms with Crippen LogP contribution in [0.15, 0.2) is 45.1 Å². The highest BCUT2D eigenvalue weighted by molar-refractivity contribution is 9.11. The van der Waals surface area contributed by atoms with Gasteiger partial charge in [-0.25, -0.2) is 13.1 Å². The minimum absolute atomic E-state index is 0.150. The van der Waals surface area contributed by atoms with Gasteiger partial charge in [0.1, 0.15) is 0 Å². The van der Waals surface area contributed by atoms with Gasteiger partial charge in [-0.2, -0.15) is 0 Å². The summed E-state index contributed by atoms with van der Waals surface area (Å²) >= 11 is 4.61. The van der Waals surface area contributed by atoms with Crippen molar-refractivity contribution in [3.8, 4) is 0 Å². The van der Waals surface area contributed by atoms with Gasteiger partial charge < -0.3 is 5.32 Å². The molecule has 0 spiro atoms. The van der Waals surface area contributed by atoms with Crippen molar-refractivity contribution in [1.82, 2.24) is 4.72 Å². The Kier molecular flexibility index (Phi) is 4.59. The van der Waals surface area contributed by atoms with Gasteiger partial charge in [0, 0.05) is 5.69 Å². The van der Waals surface area contributed by atoms with Crippen LogP contribution in [-0.4, -0.2) is 21.4 Å². The molecule has 0 aliphatic heterocycles. The quantitative estimate of drug-likeness (QED) is 0.863. The van der Waals surface area contributed by atoms with E-state index in [-0.39, 0.29) is 10.8 Å².